The molecule has 4 heteroatoms. The number of aromatic hydroxyl groups is 2. The molecule has 0 radical (unpaired) electrons. The summed E-state index contributed by atoms with van der Waals surface area (Å²) in [6.45, 7) is 7.48. The Labute approximate surface area is 187 Å². The van der Waals surface area contributed by atoms with Crippen LogP contribution < -0.4 is 0 Å². The number of pyridine rings is 2. The van der Waals surface area contributed by atoms with E-state index in [1.54, 1.807) is 24.5 Å². The van der Waals surface area contributed by atoms with E-state index in [9.17, 15) is 10.2 Å². The average molecular weight is 421 g/mol. The maximum absolute atomic E-state index is 10.6. The monoisotopic (exact) mass is 420 g/mol. The summed E-state index contributed by atoms with van der Waals surface area (Å²) in [5, 5.41) is 21.1. The third-order valence-electron chi connectivity index (χ3n) is 5.38. The molecule has 2 aromatic heterocycles. The van der Waals surface area contributed by atoms with Crippen molar-refractivity contribution in [1.29, 1.82) is 0 Å². The summed E-state index contributed by atoms with van der Waals surface area (Å²) in [6, 6.07) is 19.0. The third kappa shape index (κ3) is 4.16. The molecule has 0 fully saturated rings. The lowest BCUT2D eigenvalue weighted by molar-refractivity contribution is 0.471. The number of para-hydroxylation sites is 2. The highest BCUT2D eigenvalue weighted by molar-refractivity contribution is 5.74. The van der Waals surface area contributed by atoms with Crippen LogP contribution in [0.15, 0.2) is 98.4 Å². The van der Waals surface area contributed by atoms with Crippen LogP contribution in [0.25, 0.3) is 33.6 Å². The molecule has 2 N–H and O–H groups in total. The van der Waals surface area contributed by atoms with Crippen molar-refractivity contribution in [3.8, 4) is 45.1 Å². The fourth-order valence-corrected chi connectivity index (χ4v) is 3.70. The Morgan fingerprint density at radius 1 is 0.625 bits per heavy atom. The van der Waals surface area contributed by atoms with Crippen molar-refractivity contribution in [2.75, 3.05) is 0 Å². The highest BCUT2D eigenvalue weighted by Gasteiger charge is 2.11. The van der Waals surface area contributed by atoms with Crippen molar-refractivity contribution in [2.45, 2.75) is 12.8 Å². The summed E-state index contributed by atoms with van der Waals surface area (Å²) in [4.78, 5) is 9.09. The highest BCUT2D eigenvalue weighted by atomic mass is 16.3. The minimum atomic E-state index is 0.253. The predicted molar refractivity (Wildman–Crippen MR) is 129 cm³/mol. The van der Waals surface area contributed by atoms with Crippen molar-refractivity contribution in [3.63, 3.8) is 0 Å². The van der Waals surface area contributed by atoms with Gasteiger partial charge >= 0.3 is 0 Å². The lowest BCUT2D eigenvalue weighted by Crippen LogP contribution is -1.91. The van der Waals surface area contributed by atoms with E-state index in [1.165, 1.54) is 0 Å². The number of phenols is 2. The molecule has 0 bridgehead atoms. The van der Waals surface area contributed by atoms with Crippen molar-refractivity contribution < 1.29 is 10.2 Å². The van der Waals surface area contributed by atoms with Crippen LogP contribution in [-0.2, 0) is 12.8 Å². The summed E-state index contributed by atoms with van der Waals surface area (Å²) in [5.74, 6) is 0.505. The second-order valence-electron chi connectivity index (χ2n) is 7.48. The Kier molecular flexibility index (Phi) is 6.13. The van der Waals surface area contributed by atoms with Gasteiger partial charge in [-0.15, -0.1) is 13.2 Å². The first-order chi connectivity index (χ1) is 15.6. The van der Waals surface area contributed by atoms with Gasteiger partial charge in [0, 0.05) is 34.6 Å². The van der Waals surface area contributed by atoms with Crippen molar-refractivity contribution in [3.05, 3.63) is 109 Å². The van der Waals surface area contributed by atoms with Gasteiger partial charge in [-0.25, -0.2) is 0 Å². The van der Waals surface area contributed by atoms with Crippen LogP contribution in [0, 0.1) is 0 Å². The molecule has 0 aliphatic carbocycles. The Hall–Kier alpha value is -4.18. The van der Waals surface area contributed by atoms with Crippen LogP contribution in [0.2, 0.25) is 0 Å². The van der Waals surface area contributed by atoms with Gasteiger partial charge in [0.25, 0.3) is 0 Å². The lowest BCUT2D eigenvalue weighted by atomic mass is 10.00. The fourth-order valence-electron chi connectivity index (χ4n) is 3.70. The number of aromatic nitrogens is 2. The van der Waals surface area contributed by atoms with E-state index in [4.69, 9.17) is 0 Å². The summed E-state index contributed by atoms with van der Waals surface area (Å²) in [6.07, 6.45) is 8.22. The van der Waals surface area contributed by atoms with E-state index in [-0.39, 0.29) is 11.5 Å². The summed E-state index contributed by atoms with van der Waals surface area (Å²) >= 11 is 0. The summed E-state index contributed by atoms with van der Waals surface area (Å²) in [7, 11) is 0. The van der Waals surface area contributed by atoms with Crippen LogP contribution in [-0.4, -0.2) is 20.2 Å². The zero-order chi connectivity index (χ0) is 22.5. The van der Waals surface area contributed by atoms with Gasteiger partial charge in [-0.1, -0.05) is 60.7 Å². The Balaban J connectivity index is 1.60. The lowest BCUT2D eigenvalue weighted by Gasteiger charge is -2.10. The summed E-state index contributed by atoms with van der Waals surface area (Å²) < 4.78 is 0. The molecule has 4 aromatic rings. The average Bonchev–Trinajstić information content (AvgIpc) is 2.82. The molecule has 0 aliphatic heterocycles. The van der Waals surface area contributed by atoms with Crippen molar-refractivity contribution in [1.82, 2.24) is 9.97 Å². The maximum atomic E-state index is 10.6. The van der Waals surface area contributed by atoms with E-state index >= 15 is 0 Å². The fraction of sp³-hybridized carbons (Fsp3) is 0.0714. The van der Waals surface area contributed by atoms with Crippen LogP contribution in [0.3, 0.4) is 0 Å². The zero-order valence-corrected chi connectivity index (χ0v) is 17.7. The first-order valence-electron chi connectivity index (χ1n) is 10.4. The third-order valence-corrected chi connectivity index (χ3v) is 5.38. The number of allylic oxidation sites excluding steroid dienone is 2. The first kappa shape index (κ1) is 21.1. The predicted octanol–water partition coefficient (Wildman–Crippen LogP) is 6.35. The molecule has 0 spiro atoms. The van der Waals surface area contributed by atoms with Gasteiger partial charge in [0.2, 0.25) is 0 Å². The molecule has 2 aromatic carbocycles. The van der Waals surface area contributed by atoms with E-state index in [1.807, 2.05) is 60.7 Å². The van der Waals surface area contributed by atoms with E-state index < -0.39 is 0 Å². The second-order valence-corrected chi connectivity index (χ2v) is 7.48. The van der Waals surface area contributed by atoms with Gasteiger partial charge in [-0.3, -0.25) is 9.97 Å². The number of benzene rings is 2. The number of hydrogen-bond acceptors (Lipinski definition) is 4. The van der Waals surface area contributed by atoms with Gasteiger partial charge in [-0.05, 0) is 36.1 Å². The largest absolute Gasteiger partial charge is 0.507 e. The molecular formula is C28H24N2O2. The van der Waals surface area contributed by atoms with E-state index in [0.717, 1.165) is 44.8 Å². The highest BCUT2D eigenvalue weighted by Crippen LogP contribution is 2.34. The minimum Gasteiger partial charge on any atom is -0.507 e. The molecule has 0 saturated heterocycles. The first-order valence-corrected chi connectivity index (χ1v) is 10.4. The standard InChI is InChI=1S/C28H24N2O2/c1-3-7-19-9-5-11-23(27(19)31)21-13-15-25(29-17-21)26-16-14-22(18-30-26)24-12-6-10-20(8-4-2)28(24)32/h3-6,9-18,31-32H,1-2,7-8H2. The number of nitrogens with zero attached hydrogens (tertiary/aromatic N) is 2. The van der Waals surface area contributed by atoms with Crippen LogP contribution >= 0.6 is 0 Å². The smallest absolute Gasteiger partial charge is 0.126 e. The molecule has 0 unspecified atom stereocenters. The van der Waals surface area contributed by atoms with Gasteiger partial charge in [0.05, 0.1) is 11.4 Å². The van der Waals surface area contributed by atoms with E-state index in [2.05, 4.69) is 23.1 Å². The molecular weight excluding hydrogens is 396 g/mol. The molecule has 0 saturated carbocycles. The minimum absolute atomic E-state index is 0.253. The SMILES string of the molecule is C=CCc1cccc(-c2ccc(-c3ccc(-c4cccc(CC=C)c4O)cn3)nc2)c1O. The molecule has 2 heterocycles. The normalized spacial score (nSPS) is 10.6. The number of phenolic OH excluding ortho intramolecular Hbond substituents is 2. The van der Waals surface area contributed by atoms with Crippen molar-refractivity contribution in [2.24, 2.45) is 0 Å². The maximum Gasteiger partial charge on any atom is 0.126 e. The molecule has 158 valence electrons. The Bertz CT molecular complexity index is 1160. The van der Waals surface area contributed by atoms with Crippen LogP contribution in [0.1, 0.15) is 11.1 Å². The second kappa shape index (κ2) is 9.31. The van der Waals surface area contributed by atoms with Gasteiger partial charge in [-0.2, -0.15) is 0 Å². The topological polar surface area (TPSA) is 66.2 Å². The number of rotatable bonds is 7. The molecule has 0 amide bonds. The Morgan fingerprint density at radius 2 is 1.06 bits per heavy atom. The zero-order valence-electron chi connectivity index (χ0n) is 17.7. The molecule has 0 atom stereocenters. The molecule has 32 heavy (non-hydrogen) atoms. The Morgan fingerprint density at radius 3 is 1.41 bits per heavy atom. The quantitative estimate of drug-likeness (QED) is 0.342. The molecule has 4 rings (SSSR count). The molecule has 0 aliphatic rings. The van der Waals surface area contributed by atoms with Crippen LogP contribution in [0.5, 0.6) is 11.5 Å². The van der Waals surface area contributed by atoms with Crippen molar-refractivity contribution >= 4 is 0 Å². The van der Waals surface area contributed by atoms with E-state index in [0.29, 0.717) is 12.8 Å². The van der Waals surface area contributed by atoms with Crippen LogP contribution in [0.4, 0.5) is 0 Å². The van der Waals surface area contributed by atoms with Gasteiger partial charge < -0.3 is 10.2 Å². The summed E-state index contributed by atoms with van der Waals surface area (Å²) in [5.41, 5.74) is 6.26. The van der Waals surface area contributed by atoms with Gasteiger partial charge in [0.1, 0.15) is 11.5 Å². The van der Waals surface area contributed by atoms with Gasteiger partial charge in [0.15, 0.2) is 0 Å². The number of hydrogen-bond donors (Lipinski definition) is 2. The molecule has 4 nitrogen and oxygen atoms in total.